The Bertz CT molecular complexity index is 597. The van der Waals surface area contributed by atoms with E-state index in [-0.39, 0.29) is 9.79 Å². The zero-order valence-electron chi connectivity index (χ0n) is 8.29. The highest BCUT2D eigenvalue weighted by Gasteiger charge is 2.05. The van der Waals surface area contributed by atoms with Crippen LogP contribution in [-0.2, 0) is 0 Å². The fraction of sp³-hybridized carbons (Fsp3) is 0.100. The third-order valence-electron chi connectivity index (χ3n) is 1.96. The minimum atomic E-state index is -0.491. The molecule has 0 saturated heterocycles. The Kier molecular flexibility index (Phi) is 2.98. The van der Waals surface area contributed by atoms with Crippen LogP contribution in [0.5, 0.6) is 0 Å². The lowest BCUT2D eigenvalue weighted by Crippen LogP contribution is -1.96. The van der Waals surface area contributed by atoms with Crippen LogP contribution in [0.2, 0.25) is 5.02 Å². The van der Waals surface area contributed by atoms with E-state index in [2.05, 4.69) is 15.0 Å². The molecule has 0 aliphatic heterocycles. The second kappa shape index (κ2) is 4.27. The molecule has 0 bridgehead atoms. The molecule has 1 aromatic heterocycles. The second-order valence-corrected chi connectivity index (χ2v) is 3.97. The molecule has 0 aliphatic rings. The average molecular weight is 256 g/mol. The number of H-pyrrole nitrogens is 1. The number of nitrogens with one attached hydrogen (secondary N) is 1. The van der Waals surface area contributed by atoms with Crippen LogP contribution in [0, 0.1) is 17.5 Å². The zero-order valence-corrected chi connectivity index (χ0v) is 9.86. The van der Waals surface area contributed by atoms with Gasteiger partial charge in [0.05, 0.1) is 5.02 Å². The standard InChI is InChI=1S/C10H7ClFN3S/c1-5-13-9(15-10(16)14-5)6-2-3-7(11)8(12)4-6/h2-4H,1H3,(H,13,14,15,16). The summed E-state index contributed by atoms with van der Waals surface area (Å²) in [4.78, 5) is 10.9. The molecule has 1 heterocycles. The van der Waals surface area contributed by atoms with Gasteiger partial charge in [0.25, 0.3) is 0 Å². The van der Waals surface area contributed by atoms with Gasteiger partial charge in [-0.2, -0.15) is 0 Å². The average Bonchev–Trinajstić information content (AvgIpc) is 2.20. The maximum Gasteiger partial charge on any atom is 0.222 e. The number of rotatable bonds is 1. The highest BCUT2D eigenvalue weighted by atomic mass is 35.5. The first-order valence-electron chi connectivity index (χ1n) is 4.46. The van der Waals surface area contributed by atoms with Crippen LogP contribution in [0.25, 0.3) is 11.4 Å². The smallest absolute Gasteiger partial charge is 0.222 e. The van der Waals surface area contributed by atoms with Crippen molar-refractivity contribution in [1.82, 2.24) is 15.0 Å². The first-order valence-corrected chi connectivity index (χ1v) is 5.25. The highest BCUT2D eigenvalue weighted by Crippen LogP contribution is 2.21. The van der Waals surface area contributed by atoms with Crippen molar-refractivity contribution in [3.63, 3.8) is 0 Å². The Hall–Kier alpha value is -1.33. The Morgan fingerprint density at radius 1 is 1.38 bits per heavy atom. The fourth-order valence-electron chi connectivity index (χ4n) is 1.27. The van der Waals surface area contributed by atoms with Crippen molar-refractivity contribution in [1.29, 1.82) is 0 Å². The first kappa shape index (κ1) is 11.2. The van der Waals surface area contributed by atoms with Crippen molar-refractivity contribution in [2.45, 2.75) is 6.92 Å². The van der Waals surface area contributed by atoms with E-state index >= 15 is 0 Å². The summed E-state index contributed by atoms with van der Waals surface area (Å²) in [5, 5.41) is 0.0770. The molecular formula is C10H7ClFN3S. The van der Waals surface area contributed by atoms with Crippen LogP contribution < -0.4 is 0 Å². The van der Waals surface area contributed by atoms with E-state index in [1.807, 2.05) is 0 Å². The van der Waals surface area contributed by atoms with E-state index in [0.29, 0.717) is 17.2 Å². The lowest BCUT2D eigenvalue weighted by atomic mass is 10.2. The van der Waals surface area contributed by atoms with Crippen molar-refractivity contribution < 1.29 is 4.39 Å². The van der Waals surface area contributed by atoms with Gasteiger partial charge < -0.3 is 4.98 Å². The number of nitrogens with zero attached hydrogens (tertiary/aromatic N) is 2. The summed E-state index contributed by atoms with van der Waals surface area (Å²) in [5.41, 5.74) is 0.582. The van der Waals surface area contributed by atoms with Crippen molar-refractivity contribution in [3.8, 4) is 11.4 Å². The second-order valence-electron chi connectivity index (χ2n) is 3.19. The Balaban J connectivity index is 2.58. The Labute approximate surface area is 101 Å². The third kappa shape index (κ3) is 2.25. The van der Waals surface area contributed by atoms with Gasteiger partial charge in [-0.25, -0.2) is 14.4 Å². The van der Waals surface area contributed by atoms with Crippen LogP contribution in [0.1, 0.15) is 5.82 Å². The van der Waals surface area contributed by atoms with Crippen LogP contribution in [-0.4, -0.2) is 15.0 Å². The summed E-state index contributed by atoms with van der Waals surface area (Å²) in [6, 6.07) is 4.44. The molecule has 0 radical (unpaired) electrons. The summed E-state index contributed by atoms with van der Waals surface area (Å²) in [6.07, 6.45) is 0. The van der Waals surface area contributed by atoms with Gasteiger partial charge in [-0.1, -0.05) is 11.6 Å². The van der Waals surface area contributed by atoms with Gasteiger partial charge >= 0.3 is 0 Å². The minimum absolute atomic E-state index is 0.0770. The molecule has 82 valence electrons. The van der Waals surface area contributed by atoms with Gasteiger partial charge in [0, 0.05) is 5.56 Å². The molecule has 0 spiro atoms. The predicted octanol–water partition coefficient (Wildman–Crippen LogP) is 3.30. The molecule has 16 heavy (non-hydrogen) atoms. The van der Waals surface area contributed by atoms with Gasteiger partial charge in [-0.3, -0.25) is 0 Å². The van der Waals surface area contributed by atoms with Crippen LogP contribution in [0.3, 0.4) is 0 Å². The van der Waals surface area contributed by atoms with Gasteiger partial charge in [-0.15, -0.1) is 0 Å². The number of benzene rings is 1. The third-order valence-corrected chi connectivity index (χ3v) is 2.45. The SMILES string of the molecule is Cc1nc(=S)nc(-c2ccc(Cl)c(F)c2)[nH]1. The molecule has 2 rings (SSSR count). The van der Waals surface area contributed by atoms with Crippen molar-refractivity contribution in [2.24, 2.45) is 0 Å². The van der Waals surface area contributed by atoms with Crippen molar-refractivity contribution in [2.75, 3.05) is 0 Å². The Morgan fingerprint density at radius 3 is 2.75 bits per heavy atom. The predicted molar refractivity (Wildman–Crippen MR) is 62.4 cm³/mol. The Morgan fingerprint density at radius 2 is 2.12 bits per heavy atom. The zero-order chi connectivity index (χ0) is 11.7. The van der Waals surface area contributed by atoms with E-state index in [1.165, 1.54) is 12.1 Å². The lowest BCUT2D eigenvalue weighted by molar-refractivity contribution is 0.628. The van der Waals surface area contributed by atoms with E-state index in [9.17, 15) is 4.39 Å². The quantitative estimate of drug-likeness (QED) is 0.795. The van der Waals surface area contributed by atoms with Gasteiger partial charge in [0.2, 0.25) is 4.77 Å². The number of aromatic amines is 1. The topological polar surface area (TPSA) is 41.6 Å². The van der Waals surface area contributed by atoms with Gasteiger partial charge in [-0.05, 0) is 37.3 Å². The maximum absolute atomic E-state index is 13.3. The van der Waals surface area contributed by atoms with Crippen LogP contribution >= 0.6 is 23.8 Å². The number of hydrogen-bond acceptors (Lipinski definition) is 3. The number of halogens is 2. The molecule has 0 aliphatic carbocycles. The molecule has 0 atom stereocenters. The monoisotopic (exact) mass is 255 g/mol. The minimum Gasteiger partial charge on any atom is -0.328 e. The van der Waals surface area contributed by atoms with Gasteiger partial charge in [0.1, 0.15) is 17.5 Å². The summed E-state index contributed by atoms with van der Waals surface area (Å²) < 4.78 is 13.5. The maximum atomic E-state index is 13.3. The normalized spacial score (nSPS) is 10.4. The number of aromatic nitrogens is 3. The molecule has 1 N–H and O–H groups in total. The molecule has 0 fully saturated rings. The summed E-state index contributed by atoms with van der Waals surface area (Å²) in [7, 11) is 0. The number of hydrogen-bond donors (Lipinski definition) is 1. The molecule has 0 saturated carbocycles. The van der Waals surface area contributed by atoms with Crippen LogP contribution in [0.4, 0.5) is 4.39 Å². The first-order chi connectivity index (χ1) is 7.56. The summed E-state index contributed by atoms with van der Waals surface area (Å²) >= 11 is 10.5. The highest BCUT2D eigenvalue weighted by molar-refractivity contribution is 7.71. The van der Waals surface area contributed by atoms with E-state index in [1.54, 1.807) is 13.0 Å². The fourth-order valence-corrected chi connectivity index (χ4v) is 1.62. The van der Waals surface area contributed by atoms with E-state index in [4.69, 9.17) is 23.8 Å². The van der Waals surface area contributed by atoms with Gasteiger partial charge in [0.15, 0.2) is 0 Å². The largest absolute Gasteiger partial charge is 0.328 e. The molecule has 1 aromatic carbocycles. The van der Waals surface area contributed by atoms with E-state index in [0.717, 1.165) is 0 Å². The molecule has 2 aromatic rings. The molecule has 0 unspecified atom stereocenters. The number of aryl methyl sites for hydroxylation is 1. The summed E-state index contributed by atoms with van der Waals surface area (Å²) in [6.45, 7) is 1.76. The summed E-state index contributed by atoms with van der Waals surface area (Å²) in [5.74, 6) is 0.619. The molecule has 6 heteroatoms. The van der Waals surface area contributed by atoms with Crippen molar-refractivity contribution >= 4 is 23.8 Å². The van der Waals surface area contributed by atoms with E-state index < -0.39 is 5.82 Å². The molecular weight excluding hydrogens is 249 g/mol. The molecule has 0 amide bonds. The molecule has 3 nitrogen and oxygen atoms in total. The van der Waals surface area contributed by atoms with Crippen molar-refractivity contribution in [3.05, 3.63) is 39.6 Å². The lowest BCUT2D eigenvalue weighted by Gasteiger charge is -2.03. The van der Waals surface area contributed by atoms with Crippen LogP contribution in [0.15, 0.2) is 18.2 Å².